The summed E-state index contributed by atoms with van der Waals surface area (Å²) in [6.45, 7) is 1.39. The first-order valence-corrected chi connectivity index (χ1v) is 10.1. The summed E-state index contributed by atoms with van der Waals surface area (Å²) in [5, 5.41) is 3.45. The van der Waals surface area contributed by atoms with Crippen LogP contribution in [0.5, 0.6) is 11.5 Å². The van der Waals surface area contributed by atoms with Gasteiger partial charge in [-0.15, -0.1) is 0 Å². The summed E-state index contributed by atoms with van der Waals surface area (Å²) in [7, 11) is 8.92. The number of ether oxygens (including phenoxy) is 2. The molecule has 1 aromatic carbocycles. The Morgan fingerprint density at radius 1 is 1.17 bits per heavy atom. The fourth-order valence-electron chi connectivity index (χ4n) is 3.52. The second-order valence-electron chi connectivity index (χ2n) is 7.72. The first-order chi connectivity index (χ1) is 14.4. The Morgan fingerprint density at radius 2 is 1.97 bits per heavy atom. The molecule has 1 amide bonds. The van der Waals surface area contributed by atoms with Crippen molar-refractivity contribution in [1.82, 2.24) is 20.2 Å². The number of hydrogen-bond donors (Lipinski definition) is 1. The highest BCUT2D eigenvalue weighted by molar-refractivity contribution is 5.79. The zero-order chi connectivity index (χ0) is 21.7. The lowest BCUT2D eigenvalue weighted by Crippen LogP contribution is -2.29. The number of anilines is 1. The highest BCUT2D eigenvalue weighted by Crippen LogP contribution is 2.25. The lowest BCUT2D eigenvalue weighted by Gasteiger charge is -2.21. The molecule has 0 saturated carbocycles. The highest BCUT2D eigenvalue weighted by Gasteiger charge is 2.22. The maximum absolute atomic E-state index is 12.9. The van der Waals surface area contributed by atoms with Gasteiger partial charge in [0.25, 0.3) is 0 Å². The smallest absolute Gasteiger partial charge is 0.227 e. The average molecular weight is 414 g/mol. The molecule has 3 rings (SSSR count). The van der Waals surface area contributed by atoms with Crippen LogP contribution in [0.25, 0.3) is 0 Å². The molecule has 2 aromatic rings. The van der Waals surface area contributed by atoms with Gasteiger partial charge >= 0.3 is 0 Å². The fraction of sp³-hybridized carbons (Fsp3) is 0.500. The molecule has 0 unspecified atom stereocenters. The van der Waals surface area contributed by atoms with E-state index in [1.165, 1.54) is 0 Å². The summed E-state index contributed by atoms with van der Waals surface area (Å²) in [5.74, 6) is 2.99. The van der Waals surface area contributed by atoms with Crippen molar-refractivity contribution in [3.63, 3.8) is 0 Å². The number of nitrogens with zero attached hydrogens (tertiary/aromatic N) is 4. The molecule has 0 radical (unpaired) electrons. The van der Waals surface area contributed by atoms with Crippen molar-refractivity contribution in [3.05, 3.63) is 41.3 Å². The molecule has 0 spiro atoms. The molecular weight excluding hydrogens is 382 g/mol. The maximum Gasteiger partial charge on any atom is 0.227 e. The van der Waals surface area contributed by atoms with Crippen LogP contribution in [-0.4, -0.2) is 62.7 Å². The normalized spacial score (nSPS) is 15.7. The minimum atomic E-state index is -0.0212. The number of benzene rings is 1. The molecule has 162 valence electrons. The predicted molar refractivity (Wildman–Crippen MR) is 116 cm³/mol. The van der Waals surface area contributed by atoms with Crippen molar-refractivity contribution in [2.75, 3.05) is 46.8 Å². The largest absolute Gasteiger partial charge is 0.497 e. The monoisotopic (exact) mass is 413 g/mol. The molecule has 1 aliphatic rings. The molecular formula is C22H31N5O3. The van der Waals surface area contributed by atoms with Gasteiger partial charge < -0.3 is 24.6 Å². The number of likely N-dealkylation sites (N-methyl/N-ethyl adjacent to an activating group) is 1. The van der Waals surface area contributed by atoms with E-state index >= 15 is 0 Å². The number of carbonyl (C=O) groups is 1. The molecule has 1 fully saturated rings. The van der Waals surface area contributed by atoms with Crippen LogP contribution < -0.4 is 19.7 Å². The molecule has 30 heavy (non-hydrogen) atoms. The van der Waals surface area contributed by atoms with Gasteiger partial charge in [0.2, 0.25) is 5.91 Å². The summed E-state index contributed by atoms with van der Waals surface area (Å²) in [6, 6.07) is 7.58. The second kappa shape index (κ2) is 9.75. The van der Waals surface area contributed by atoms with Gasteiger partial charge in [0, 0.05) is 32.8 Å². The van der Waals surface area contributed by atoms with E-state index in [0.717, 1.165) is 42.3 Å². The van der Waals surface area contributed by atoms with Crippen LogP contribution in [0.1, 0.15) is 36.0 Å². The fourth-order valence-corrected chi connectivity index (χ4v) is 3.52. The molecule has 8 heteroatoms. The van der Waals surface area contributed by atoms with Crippen LogP contribution in [0.2, 0.25) is 0 Å². The minimum absolute atomic E-state index is 0.0212. The number of hydrogen-bond acceptors (Lipinski definition) is 7. The van der Waals surface area contributed by atoms with E-state index in [-0.39, 0.29) is 18.4 Å². The van der Waals surface area contributed by atoms with Crippen molar-refractivity contribution >= 4 is 11.7 Å². The highest BCUT2D eigenvalue weighted by atomic mass is 16.5. The first-order valence-electron chi connectivity index (χ1n) is 10.1. The minimum Gasteiger partial charge on any atom is -0.497 e. The van der Waals surface area contributed by atoms with Gasteiger partial charge in [-0.2, -0.15) is 0 Å². The van der Waals surface area contributed by atoms with Gasteiger partial charge in [-0.3, -0.25) is 4.79 Å². The Hall–Kier alpha value is -2.87. The summed E-state index contributed by atoms with van der Waals surface area (Å²) < 4.78 is 10.7. The molecule has 1 atom stereocenters. The SMILES string of the molecule is COc1ccc(OC)c(CC(=O)N(C)Cc2cc(N(C)C)nc([C@H]3CCCN3)n2)c1. The third kappa shape index (κ3) is 5.18. The van der Waals surface area contributed by atoms with Crippen LogP contribution in [0.4, 0.5) is 5.82 Å². The first kappa shape index (κ1) is 21.8. The number of rotatable bonds is 8. The number of methoxy groups -OCH3 is 2. The number of carbonyl (C=O) groups excluding carboxylic acids is 1. The Bertz CT molecular complexity index is 881. The average Bonchev–Trinajstić information content (AvgIpc) is 3.28. The zero-order valence-electron chi connectivity index (χ0n) is 18.4. The lowest BCUT2D eigenvalue weighted by molar-refractivity contribution is -0.129. The maximum atomic E-state index is 12.9. The van der Waals surface area contributed by atoms with Gasteiger partial charge in [0.05, 0.1) is 38.9 Å². The van der Waals surface area contributed by atoms with Crippen molar-refractivity contribution in [2.24, 2.45) is 0 Å². The van der Waals surface area contributed by atoms with Crippen LogP contribution in [0.3, 0.4) is 0 Å². The standard InChI is InChI=1S/C22H31N5O3/c1-26(2)20-13-16(24-22(25-20)18-7-6-10-23-18)14-27(3)21(28)12-15-11-17(29-4)8-9-19(15)30-5/h8-9,11,13,18,23H,6-7,10,12,14H2,1-5H3/t18-/m1/s1. The van der Waals surface area contributed by atoms with Crippen molar-refractivity contribution in [3.8, 4) is 11.5 Å². The van der Waals surface area contributed by atoms with Gasteiger partial charge in [-0.1, -0.05) is 0 Å². The summed E-state index contributed by atoms with van der Waals surface area (Å²) in [6.07, 6.45) is 2.37. The topological polar surface area (TPSA) is 79.8 Å². The van der Waals surface area contributed by atoms with Crippen molar-refractivity contribution in [2.45, 2.75) is 31.8 Å². The predicted octanol–water partition coefficient (Wildman–Crippen LogP) is 2.19. The van der Waals surface area contributed by atoms with E-state index in [1.54, 1.807) is 26.2 Å². The van der Waals surface area contributed by atoms with Crippen LogP contribution in [0.15, 0.2) is 24.3 Å². The summed E-state index contributed by atoms with van der Waals surface area (Å²) >= 11 is 0. The molecule has 0 aliphatic carbocycles. The van der Waals surface area contributed by atoms with E-state index in [4.69, 9.17) is 19.4 Å². The van der Waals surface area contributed by atoms with Crippen molar-refractivity contribution in [1.29, 1.82) is 0 Å². The Morgan fingerprint density at radius 3 is 2.60 bits per heavy atom. The number of amides is 1. The van der Waals surface area contributed by atoms with E-state index < -0.39 is 0 Å². The third-order valence-corrected chi connectivity index (χ3v) is 5.27. The van der Waals surface area contributed by atoms with Crippen LogP contribution in [0, 0.1) is 0 Å². The molecule has 2 heterocycles. The second-order valence-corrected chi connectivity index (χ2v) is 7.72. The van der Waals surface area contributed by atoms with Gasteiger partial charge in [-0.05, 0) is 37.6 Å². The van der Waals surface area contributed by atoms with E-state index in [0.29, 0.717) is 18.0 Å². The number of nitrogens with one attached hydrogen (secondary N) is 1. The molecule has 1 N–H and O–H groups in total. The van der Waals surface area contributed by atoms with Gasteiger partial charge in [0.15, 0.2) is 0 Å². The lowest BCUT2D eigenvalue weighted by atomic mass is 10.1. The summed E-state index contributed by atoms with van der Waals surface area (Å²) in [5.41, 5.74) is 1.62. The number of aromatic nitrogens is 2. The van der Waals surface area contributed by atoms with E-state index in [2.05, 4.69) is 5.32 Å². The van der Waals surface area contributed by atoms with Gasteiger partial charge in [0.1, 0.15) is 23.1 Å². The van der Waals surface area contributed by atoms with E-state index in [9.17, 15) is 4.79 Å². The third-order valence-electron chi connectivity index (χ3n) is 5.27. The molecule has 8 nitrogen and oxygen atoms in total. The molecule has 1 aromatic heterocycles. The van der Waals surface area contributed by atoms with Crippen LogP contribution >= 0.6 is 0 Å². The Kier molecular flexibility index (Phi) is 7.10. The Balaban J connectivity index is 1.76. The summed E-state index contributed by atoms with van der Waals surface area (Å²) in [4.78, 5) is 26.0. The Labute approximate surface area is 178 Å². The van der Waals surface area contributed by atoms with Crippen LogP contribution in [-0.2, 0) is 17.8 Å². The van der Waals surface area contributed by atoms with E-state index in [1.807, 2.05) is 43.3 Å². The molecule has 0 bridgehead atoms. The molecule has 1 saturated heterocycles. The van der Waals surface area contributed by atoms with Crippen molar-refractivity contribution < 1.29 is 14.3 Å². The van der Waals surface area contributed by atoms with Gasteiger partial charge in [-0.25, -0.2) is 9.97 Å². The quantitative estimate of drug-likeness (QED) is 0.711. The zero-order valence-corrected chi connectivity index (χ0v) is 18.4. The molecule has 1 aliphatic heterocycles.